The van der Waals surface area contributed by atoms with Crippen LogP contribution in [0.25, 0.3) is 0 Å². The number of thioether (sulfide) groups is 1. The second-order valence-corrected chi connectivity index (χ2v) is 4.39. The molecule has 1 aromatic carbocycles. The van der Waals surface area contributed by atoms with E-state index in [0.29, 0.717) is 6.04 Å². The summed E-state index contributed by atoms with van der Waals surface area (Å²) < 4.78 is 0. The topological polar surface area (TPSA) is 26.0 Å². The third-order valence-electron chi connectivity index (χ3n) is 1.98. The lowest BCUT2D eigenvalue weighted by Crippen LogP contribution is -2.21. The van der Waals surface area contributed by atoms with Gasteiger partial charge in [0.05, 0.1) is 0 Å². The maximum atomic E-state index is 5.84. The van der Waals surface area contributed by atoms with E-state index in [4.69, 9.17) is 5.73 Å². The molecular weight excluding hydrogens is 214 g/mol. The first-order valence-electron chi connectivity index (χ1n) is 4.67. The van der Waals surface area contributed by atoms with Crippen molar-refractivity contribution in [2.45, 2.75) is 31.2 Å². The van der Waals surface area contributed by atoms with E-state index >= 15 is 0 Å². The van der Waals surface area contributed by atoms with Crippen molar-refractivity contribution in [3.63, 3.8) is 0 Å². The Bertz CT molecular complexity index is 265. The quantitative estimate of drug-likeness (QED) is 0.806. The van der Waals surface area contributed by atoms with Crippen molar-refractivity contribution < 1.29 is 0 Å². The third kappa shape index (κ3) is 4.89. The lowest BCUT2D eigenvalue weighted by Gasteiger charge is -2.07. The van der Waals surface area contributed by atoms with E-state index in [2.05, 4.69) is 38.1 Å². The molecule has 1 nitrogen and oxygen atoms in total. The molecule has 1 aromatic rings. The molecule has 0 spiro atoms. The number of halogens is 1. The van der Waals surface area contributed by atoms with E-state index in [1.807, 2.05) is 11.8 Å². The minimum absolute atomic E-state index is 0. The summed E-state index contributed by atoms with van der Waals surface area (Å²) in [6.45, 7) is 4.24. The Morgan fingerprint density at radius 3 is 2.71 bits per heavy atom. The average molecular weight is 232 g/mol. The lowest BCUT2D eigenvalue weighted by atomic mass is 10.2. The number of hydrogen-bond donors (Lipinski definition) is 1. The van der Waals surface area contributed by atoms with Gasteiger partial charge in [0.15, 0.2) is 0 Å². The van der Waals surface area contributed by atoms with Crippen LogP contribution in [0.15, 0.2) is 29.2 Å². The highest BCUT2D eigenvalue weighted by molar-refractivity contribution is 7.99. The second-order valence-electron chi connectivity index (χ2n) is 3.30. The van der Waals surface area contributed by atoms with Gasteiger partial charge in [-0.3, -0.25) is 0 Å². The van der Waals surface area contributed by atoms with Crippen LogP contribution in [0.4, 0.5) is 0 Å². The van der Waals surface area contributed by atoms with Gasteiger partial charge in [0.25, 0.3) is 0 Å². The summed E-state index contributed by atoms with van der Waals surface area (Å²) in [6.07, 6.45) is 1.05. The van der Waals surface area contributed by atoms with Gasteiger partial charge >= 0.3 is 0 Å². The maximum Gasteiger partial charge on any atom is 0.0132 e. The van der Waals surface area contributed by atoms with Gasteiger partial charge in [-0.25, -0.2) is 0 Å². The molecule has 0 amide bonds. The van der Waals surface area contributed by atoms with Crippen LogP contribution in [-0.2, 0) is 0 Å². The fraction of sp³-hybridized carbons (Fsp3) is 0.455. The van der Waals surface area contributed by atoms with Gasteiger partial charge in [-0.05, 0) is 25.5 Å². The summed E-state index contributed by atoms with van der Waals surface area (Å²) in [5, 5.41) is 0. The molecule has 2 N–H and O–H groups in total. The number of nitrogens with two attached hydrogens (primary N) is 1. The molecule has 0 aliphatic heterocycles. The van der Waals surface area contributed by atoms with Gasteiger partial charge in [0.2, 0.25) is 0 Å². The zero-order valence-corrected chi connectivity index (χ0v) is 10.3. The van der Waals surface area contributed by atoms with Gasteiger partial charge in [-0.2, -0.15) is 0 Å². The lowest BCUT2D eigenvalue weighted by molar-refractivity contribution is 0.725. The minimum Gasteiger partial charge on any atom is -0.327 e. The maximum absolute atomic E-state index is 5.84. The summed E-state index contributed by atoms with van der Waals surface area (Å²) in [5.74, 6) is 1.01. The van der Waals surface area contributed by atoms with Crippen molar-refractivity contribution in [2.24, 2.45) is 5.73 Å². The highest BCUT2D eigenvalue weighted by Gasteiger charge is 2.00. The summed E-state index contributed by atoms with van der Waals surface area (Å²) in [5.41, 5.74) is 7.15. The first kappa shape index (κ1) is 13.8. The molecule has 0 fully saturated rings. The molecule has 14 heavy (non-hydrogen) atoms. The van der Waals surface area contributed by atoms with Crippen molar-refractivity contribution in [3.8, 4) is 0 Å². The molecule has 0 saturated carbocycles. The molecule has 1 unspecified atom stereocenters. The van der Waals surface area contributed by atoms with Crippen LogP contribution in [0.3, 0.4) is 0 Å². The molecule has 0 saturated heterocycles. The van der Waals surface area contributed by atoms with Gasteiger partial charge in [0.1, 0.15) is 0 Å². The number of rotatable bonds is 4. The SMILES string of the molecule is CCC(N)CSc1cccc(C)c1.Cl. The first-order chi connectivity index (χ1) is 6.22. The highest BCUT2D eigenvalue weighted by atomic mass is 35.5. The number of hydrogen-bond acceptors (Lipinski definition) is 2. The van der Waals surface area contributed by atoms with Gasteiger partial charge in [-0.1, -0.05) is 24.6 Å². The van der Waals surface area contributed by atoms with Crippen LogP contribution in [-0.4, -0.2) is 11.8 Å². The molecule has 80 valence electrons. The van der Waals surface area contributed by atoms with E-state index in [0.717, 1.165) is 12.2 Å². The summed E-state index contributed by atoms with van der Waals surface area (Å²) in [7, 11) is 0. The van der Waals surface area contributed by atoms with Crippen LogP contribution >= 0.6 is 24.2 Å². The largest absolute Gasteiger partial charge is 0.327 e. The molecule has 1 rings (SSSR count). The van der Waals surface area contributed by atoms with Crippen LogP contribution in [0.5, 0.6) is 0 Å². The molecule has 3 heteroatoms. The molecule has 0 bridgehead atoms. The Hall–Kier alpha value is -0.180. The summed E-state index contributed by atoms with van der Waals surface area (Å²) in [6, 6.07) is 8.87. The fourth-order valence-electron chi connectivity index (χ4n) is 1.03. The molecule has 0 aliphatic rings. The van der Waals surface area contributed by atoms with Crippen molar-refractivity contribution in [2.75, 3.05) is 5.75 Å². The Morgan fingerprint density at radius 1 is 1.43 bits per heavy atom. The van der Waals surface area contributed by atoms with Crippen molar-refractivity contribution in [1.82, 2.24) is 0 Å². The predicted octanol–water partition coefficient (Wildman–Crippen LogP) is 3.25. The zero-order chi connectivity index (χ0) is 9.68. The van der Waals surface area contributed by atoms with E-state index in [9.17, 15) is 0 Å². The van der Waals surface area contributed by atoms with Gasteiger partial charge in [0, 0.05) is 16.7 Å². The Kier molecular flexibility index (Phi) is 7.06. The monoisotopic (exact) mass is 231 g/mol. The second kappa shape index (κ2) is 7.16. The average Bonchev–Trinajstić information content (AvgIpc) is 2.14. The molecule has 0 heterocycles. The van der Waals surface area contributed by atoms with Gasteiger partial charge < -0.3 is 5.73 Å². The van der Waals surface area contributed by atoms with E-state index < -0.39 is 0 Å². The van der Waals surface area contributed by atoms with Crippen molar-refractivity contribution >= 4 is 24.2 Å². The Balaban J connectivity index is 0.00000169. The molecule has 0 aromatic heterocycles. The Labute approximate surface area is 96.9 Å². The third-order valence-corrected chi connectivity index (χ3v) is 3.16. The van der Waals surface area contributed by atoms with E-state index in [-0.39, 0.29) is 12.4 Å². The predicted molar refractivity (Wildman–Crippen MR) is 67.4 cm³/mol. The molecule has 1 atom stereocenters. The van der Waals surface area contributed by atoms with Crippen LogP contribution < -0.4 is 5.73 Å². The first-order valence-corrected chi connectivity index (χ1v) is 5.66. The normalized spacial score (nSPS) is 11.9. The molecule has 0 radical (unpaired) electrons. The van der Waals surface area contributed by atoms with Crippen molar-refractivity contribution in [1.29, 1.82) is 0 Å². The van der Waals surface area contributed by atoms with E-state index in [1.54, 1.807) is 0 Å². The Morgan fingerprint density at radius 2 is 2.14 bits per heavy atom. The standard InChI is InChI=1S/C11H17NS.ClH/c1-3-10(12)8-13-11-6-4-5-9(2)7-11;/h4-7,10H,3,8,12H2,1-2H3;1H. The number of aryl methyl sites for hydroxylation is 1. The van der Waals surface area contributed by atoms with Gasteiger partial charge in [-0.15, -0.1) is 24.2 Å². The van der Waals surface area contributed by atoms with E-state index in [1.165, 1.54) is 10.5 Å². The van der Waals surface area contributed by atoms with Crippen LogP contribution in [0.1, 0.15) is 18.9 Å². The zero-order valence-electron chi connectivity index (χ0n) is 8.69. The number of benzene rings is 1. The fourth-order valence-corrected chi connectivity index (χ4v) is 2.11. The molecular formula is C11H18ClNS. The van der Waals surface area contributed by atoms with Crippen LogP contribution in [0, 0.1) is 6.92 Å². The van der Waals surface area contributed by atoms with Crippen molar-refractivity contribution in [3.05, 3.63) is 29.8 Å². The molecule has 0 aliphatic carbocycles. The minimum atomic E-state index is 0. The van der Waals surface area contributed by atoms with Crippen LogP contribution in [0.2, 0.25) is 0 Å². The smallest absolute Gasteiger partial charge is 0.0132 e. The summed E-state index contributed by atoms with van der Waals surface area (Å²) >= 11 is 1.84. The summed E-state index contributed by atoms with van der Waals surface area (Å²) in [4.78, 5) is 1.32. The highest BCUT2D eigenvalue weighted by Crippen LogP contribution is 2.19.